The number of nitro groups is 1. The lowest BCUT2D eigenvalue weighted by Crippen LogP contribution is -2.38. The molecule has 35 heavy (non-hydrogen) atoms. The molecule has 2 aromatic carbocycles. The zero-order valence-corrected chi connectivity index (χ0v) is 20.1. The minimum Gasteiger partial charge on any atom is -0.371 e. The summed E-state index contributed by atoms with van der Waals surface area (Å²) in [6, 6.07) is 17.8. The largest absolute Gasteiger partial charge is 0.371 e. The highest BCUT2D eigenvalue weighted by Crippen LogP contribution is 2.37. The van der Waals surface area contributed by atoms with Crippen LogP contribution in [0, 0.1) is 10.1 Å². The Kier molecular flexibility index (Phi) is 6.41. The Balaban J connectivity index is 1.42. The zero-order valence-electron chi connectivity index (χ0n) is 19.3. The molecule has 8 nitrogen and oxygen atoms in total. The average Bonchev–Trinajstić information content (AvgIpc) is 3.33. The topological polar surface area (TPSA) is 101 Å². The molecule has 178 valence electrons. The van der Waals surface area contributed by atoms with Gasteiger partial charge in [-0.05, 0) is 62.6 Å². The average molecular weight is 488 g/mol. The molecule has 4 aromatic rings. The van der Waals surface area contributed by atoms with Gasteiger partial charge in [0, 0.05) is 24.4 Å². The summed E-state index contributed by atoms with van der Waals surface area (Å²) in [5.41, 5.74) is 2.23. The van der Waals surface area contributed by atoms with Crippen LogP contribution in [0.15, 0.2) is 66.9 Å². The van der Waals surface area contributed by atoms with E-state index in [2.05, 4.69) is 10.3 Å². The lowest BCUT2D eigenvalue weighted by atomic mass is 10.0. The number of benzene rings is 2. The van der Waals surface area contributed by atoms with Crippen molar-refractivity contribution in [1.82, 2.24) is 14.9 Å². The van der Waals surface area contributed by atoms with E-state index in [9.17, 15) is 14.9 Å². The van der Waals surface area contributed by atoms with E-state index in [-0.39, 0.29) is 23.7 Å². The van der Waals surface area contributed by atoms with Crippen LogP contribution in [0.25, 0.3) is 10.2 Å². The summed E-state index contributed by atoms with van der Waals surface area (Å²) in [5.74, 6) is -0.207. The number of aromatic nitrogens is 2. The monoisotopic (exact) mass is 487 g/mol. The Morgan fingerprint density at radius 3 is 2.77 bits per heavy atom. The smallest absolute Gasteiger partial charge is 0.293 e. The highest BCUT2D eigenvalue weighted by atomic mass is 32.1. The van der Waals surface area contributed by atoms with E-state index in [1.807, 2.05) is 54.3 Å². The van der Waals surface area contributed by atoms with E-state index in [1.165, 1.54) is 6.07 Å². The molecule has 3 heterocycles. The molecule has 1 amide bonds. The van der Waals surface area contributed by atoms with Crippen molar-refractivity contribution in [2.45, 2.75) is 38.3 Å². The number of nitrogens with zero attached hydrogens (tertiary/aromatic N) is 4. The first-order valence-electron chi connectivity index (χ1n) is 11.6. The minimum absolute atomic E-state index is 0.130. The number of fused-ring (bicyclic) bond motifs is 1. The Labute approximate surface area is 206 Å². The van der Waals surface area contributed by atoms with Gasteiger partial charge in [0.1, 0.15) is 10.7 Å². The van der Waals surface area contributed by atoms with E-state index in [0.29, 0.717) is 17.8 Å². The Hall–Kier alpha value is -3.85. The van der Waals surface area contributed by atoms with E-state index >= 15 is 0 Å². The molecule has 1 N–H and O–H groups in total. The summed E-state index contributed by atoms with van der Waals surface area (Å²) in [4.78, 5) is 35.9. The third kappa shape index (κ3) is 4.72. The highest BCUT2D eigenvalue weighted by molar-refractivity contribution is 7.18. The third-order valence-corrected chi connectivity index (χ3v) is 7.44. The number of carbonyl (C=O) groups is 1. The number of pyridine rings is 1. The lowest BCUT2D eigenvalue weighted by Gasteiger charge is -2.34. The van der Waals surface area contributed by atoms with Crippen molar-refractivity contribution in [3.8, 4) is 0 Å². The number of hydrogen-bond donors (Lipinski definition) is 1. The molecule has 1 aliphatic heterocycles. The van der Waals surface area contributed by atoms with E-state index < -0.39 is 4.92 Å². The van der Waals surface area contributed by atoms with E-state index in [0.717, 1.165) is 40.2 Å². The summed E-state index contributed by atoms with van der Waals surface area (Å²) < 4.78 is 1.09. The molecule has 0 spiro atoms. The van der Waals surface area contributed by atoms with Gasteiger partial charge in [-0.1, -0.05) is 18.2 Å². The summed E-state index contributed by atoms with van der Waals surface area (Å²) >= 11 is 1.61. The first-order chi connectivity index (χ1) is 17.0. The van der Waals surface area contributed by atoms with Crippen LogP contribution >= 0.6 is 11.3 Å². The predicted molar refractivity (Wildman–Crippen MR) is 137 cm³/mol. The second kappa shape index (κ2) is 9.79. The number of nitrogens with one attached hydrogen (secondary N) is 1. The van der Waals surface area contributed by atoms with Crippen molar-refractivity contribution in [2.75, 3.05) is 11.9 Å². The van der Waals surface area contributed by atoms with Crippen LogP contribution in [0.1, 0.15) is 59.3 Å². The number of hydrogen-bond acceptors (Lipinski definition) is 7. The molecule has 0 radical (unpaired) electrons. The molecule has 1 saturated heterocycles. The van der Waals surface area contributed by atoms with Gasteiger partial charge in [0.15, 0.2) is 0 Å². The van der Waals surface area contributed by atoms with Crippen molar-refractivity contribution in [1.29, 1.82) is 0 Å². The van der Waals surface area contributed by atoms with Gasteiger partial charge in [-0.3, -0.25) is 19.9 Å². The third-order valence-electron chi connectivity index (χ3n) is 6.30. The first kappa shape index (κ1) is 22.9. The number of rotatable bonds is 6. The number of piperidine rings is 1. The van der Waals surface area contributed by atoms with Gasteiger partial charge in [-0.25, -0.2) is 4.98 Å². The quantitative estimate of drug-likeness (QED) is 0.259. The Bertz CT molecular complexity index is 1340. The summed E-state index contributed by atoms with van der Waals surface area (Å²) in [5, 5.41) is 16.0. The fourth-order valence-electron chi connectivity index (χ4n) is 4.51. The van der Waals surface area contributed by atoms with Gasteiger partial charge in [0.05, 0.1) is 32.9 Å². The van der Waals surface area contributed by atoms with Crippen LogP contribution in [0.3, 0.4) is 0 Å². The predicted octanol–water partition coefficient (Wildman–Crippen LogP) is 6.14. The summed E-state index contributed by atoms with van der Waals surface area (Å²) in [6.07, 6.45) is 4.42. The van der Waals surface area contributed by atoms with Gasteiger partial charge in [-0.15, -0.1) is 11.3 Å². The van der Waals surface area contributed by atoms with Crippen LogP contribution in [0.2, 0.25) is 0 Å². The van der Waals surface area contributed by atoms with Crippen molar-refractivity contribution < 1.29 is 9.72 Å². The SMILES string of the molecule is CC(Nc1ccc(C(=O)N2CCCCC2c2nc3ccccc3s2)cc1[N+](=O)[O-])c1ccccn1. The van der Waals surface area contributed by atoms with Crippen molar-refractivity contribution in [3.63, 3.8) is 0 Å². The van der Waals surface area contributed by atoms with Gasteiger partial charge >= 0.3 is 0 Å². The maximum atomic E-state index is 13.6. The standard InChI is InChI=1S/C26H25N5O3S/c1-17(19-8-4-6-14-27-19)28-20-13-12-18(16-23(20)31(33)34)26(32)30-15-7-5-10-22(30)25-29-21-9-2-3-11-24(21)35-25/h2-4,6,8-9,11-14,16-17,22,28H,5,7,10,15H2,1H3. The summed E-state index contributed by atoms with van der Waals surface area (Å²) in [7, 11) is 0. The number of nitro benzene ring substituents is 1. The van der Waals surface area contributed by atoms with Gasteiger partial charge in [-0.2, -0.15) is 0 Å². The molecule has 5 rings (SSSR count). The molecular weight excluding hydrogens is 462 g/mol. The van der Waals surface area contributed by atoms with E-state index in [1.54, 1.807) is 29.7 Å². The van der Waals surface area contributed by atoms with Crippen molar-refractivity contribution >= 4 is 38.8 Å². The molecule has 2 aromatic heterocycles. The lowest BCUT2D eigenvalue weighted by molar-refractivity contribution is -0.384. The molecule has 2 atom stereocenters. The van der Waals surface area contributed by atoms with Crippen LogP contribution in [-0.4, -0.2) is 32.2 Å². The van der Waals surface area contributed by atoms with Crippen LogP contribution in [0.4, 0.5) is 11.4 Å². The number of likely N-dealkylation sites (tertiary alicyclic amines) is 1. The maximum absolute atomic E-state index is 13.6. The van der Waals surface area contributed by atoms with E-state index in [4.69, 9.17) is 4.98 Å². The van der Waals surface area contributed by atoms with Gasteiger partial charge < -0.3 is 10.2 Å². The fourth-order valence-corrected chi connectivity index (χ4v) is 5.62. The Morgan fingerprint density at radius 2 is 2.00 bits per heavy atom. The number of anilines is 1. The molecule has 0 aliphatic carbocycles. The zero-order chi connectivity index (χ0) is 24.4. The number of thiazole rings is 1. The van der Waals surface area contributed by atoms with Gasteiger partial charge in [0.2, 0.25) is 0 Å². The van der Waals surface area contributed by atoms with Crippen LogP contribution < -0.4 is 5.32 Å². The molecule has 0 bridgehead atoms. The molecule has 1 aliphatic rings. The second-order valence-corrected chi connectivity index (χ2v) is 9.70. The number of amides is 1. The minimum atomic E-state index is -0.453. The molecule has 9 heteroatoms. The number of para-hydroxylation sites is 1. The molecule has 1 fully saturated rings. The number of carbonyl (C=O) groups excluding carboxylic acids is 1. The molecule has 2 unspecified atom stereocenters. The fraction of sp³-hybridized carbons (Fsp3) is 0.269. The maximum Gasteiger partial charge on any atom is 0.293 e. The van der Waals surface area contributed by atoms with Crippen LogP contribution in [0.5, 0.6) is 0 Å². The second-order valence-electron chi connectivity index (χ2n) is 8.64. The molecular formula is C26H25N5O3S. The van der Waals surface area contributed by atoms with Gasteiger partial charge in [0.25, 0.3) is 11.6 Å². The van der Waals surface area contributed by atoms with Crippen LogP contribution in [-0.2, 0) is 0 Å². The van der Waals surface area contributed by atoms with Crippen molar-refractivity contribution in [2.24, 2.45) is 0 Å². The first-order valence-corrected chi connectivity index (χ1v) is 12.5. The van der Waals surface area contributed by atoms with Crippen molar-refractivity contribution in [3.05, 3.63) is 93.2 Å². The normalized spacial score (nSPS) is 16.7. The molecule has 0 saturated carbocycles. The summed E-state index contributed by atoms with van der Waals surface area (Å²) in [6.45, 7) is 2.49. The Morgan fingerprint density at radius 1 is 1.17 bits per heavy atom. The highest BCUT2D eigenvalue weighted by Gasteiger charge is 2.32.